The number of ether oxygens (including phenoxy) is 1. The average molecular weight is 376 g/mol. The highest BCUT2D eigenvalue weighted by atomic mass is 19.1. The van der Waals surface area contributed by atoms with E-state index >= 15 is 0 Å². The second kappa shape index (κ2) is 9.75. The number of nitrogens with zero attached hydrogens (tertiary/aromatic N) is 6. The Morgan fingerprint density at radius 1 is 1.15 bits per heavy atom. The lowest BCUT2D eigenvalue weighted by molar-refractivity contribution is 0.152. The first kappa shape index (κ1) is 19.7. The van der Waals surface area contributed by atoms with Gasteiger partial charge in [-0.1, -0.05) is 19.8 Å². The zero-order chi connectivity index (χ0) is 19.1. The number of rotatable bonds is 9. The van der Waals surface area contributed by atoms with Gasteiger partial charge in [0.05, 0.1) is 19.2 Å². The minimum Gasteiger partial charge on any atom is -0.383 e. The van der Waals surface area contributed by atoms with Crippen molar-refractivity contribution < 1.29 is 9.13 Å². The lowest BCUT2D eigenvalue weighted by Crippen LogP contribution is -2.48. The van der Waals surface area contributed by atoms with Crippen LogP contribution >= 0.6 is 0 Å². The number of aromatic nitrogens is 4. The molecule has 0 bridgehead atoms. The third-order valence-electron chi connectivity index (χ3n) is 5.14. The molecule has 2 heterocycles. The lowest BCUT2D eigenvalue weighted by atomic mass is 10.1. The van der Waals surface area contributed by atoms with Crippen LogP contribution in [0.2, 0.25) is 0 Å². The number of hydrogen-bond donors (Lipinski definition) is 0. The molecular weight excluding hydrogens is 347 g/mol. The van der Waals surface area contributed by atoms with Gasteiger partial charge in [0.1, 0.15) is 5.82 Å². The number of benzene rings is 1. The van der Waals surface area contributed by atoms with Crippen LogP contribution in [-0.2, 0) is 11.3 Å². The number of anilines is 1. The van der Waals surface area contributed by atoms with Gasteiger partial charge in [0.25, 0.3) is 0 Å². The second-order valence-corrected chi connectivity index (χ2v) is 6.91. The van der Waals surface area contributed by atoms with E-state index in [2.05, 4.69) is 32.2 Å². The summed E-state index contributed by atoms with van der Waals surface area (Å²) in [6.45, 7) is 7.15. The maximum atomic E-state index is 13.2. The van der Waals surface area contributed by atoms with E-state index in [-0.39, 0.29) is 11.9 Å². The summed E-state index contributed by atoms with van der Waals surface area (Å²) in [5, 5.41) is 12.4. The van der Waals surface area contributed by atoms with Crippen molar-refractivity contribution in [3.63, 3.8) is 0 Å². The highest BCUT2D eigenvalue weighted by molar-refractivity contribution is 5.46. The van der Waals surface area contributed by atoms with Gasteiger partial charge in [-0.25, -0.2) is 9.07 Å². The van der Waals surface area contributed by atoms with E-state index in [9.17, 15) is 4.39 Å². The van der Waals surface area contributed by atoms with Crippen molar-refractivity contribution in [3.05, 3.63) is 35.9 Å². The molecule has 1 aliphatic rings. The lowest BCUT2D eigenvalue weighted by Gasteiger charge is -2.39. The topological polar surface area (TPSA) is 59.3 Å². The Labute approximate surface area is 160 Å². The molecule has 0 radical (unpaired) electrons. The summed E-state index contributed by atoms with van der Waals surface area (Å²) in [4.78, 5) is 4.78. The molecule has 1 atom stereocenters. The van der Waals surface area contributed by atoms with Crippen LogP contribution in [0.3, 0.4) is 0 Å². The van der Waals surface area contributed by atoms with Crippen molar-refractivity contribution in [2.75, 3.05) is 44.8 Å². The molecule has 0 saturated carbocycles. The fourth-order valence-corrected chi connectivity index (χ4v) is 3.60. The molecule has 0 amide bonds. The number of tetrazole rings is 1. The zero-order valence-corrected chi connectivity index (χ0v) is 16.2. The fourth-order valence-electron chi connectivity index (χ4n) is 3.60. The van der Waals surface area contributed by atoms with Crippen LogP contribution in [0.15, 0.2) is 24.3 Å². The van der Waals surface area contributed by atoms with E-state index in [1.807, 2.05) is 16.8 Å². The smallest absolute Gasteiger partial charge is 0.168 e. The van der Waals surface area contributed by atoms with Gasteiger partial charge in [-0.05, 0) is 41.1 Å². The highest BCUT2D eigenvalue weighted by Crippen LogP contribution is 2.27. The molecule has 1 aliphatic heterocycles. The maximum absolute atomic E-state index is 13.2. The summed E-state index contributed by atoms with van der Waals surface area (Å²) in [6.07, 6.45) is 3.33. The molecule has 0 N–H and O–H groups in total. The summed E-state index contributed by atoms with van der Waals surface area (Å²) >= 11 is 0. The largest absolute Gasteiger partial charge is 0.383 e. The molecule has 8 heteroatoms. The van der Waals surface area contributed by atoms with E-state index in [0.29, 0.717) is 13.2 Å². The predicted octanol–water partition coefficient (Wildman–Crippen LogP) is 2.51. The molecule has 0 unspecified atom stereocenters. The summed E-state index contributed by atoms with van der Waals surface area (Å²) in [6, 6.07) is 6.97. The normalized spacial score (nSPS) is 16.6. The number of methoxy groups -OCH3 is 1. The molecule has 3 rings (SSSR count). The van der Waals surface area contributed by atoms with E-state index in [0.717, 1.165) is 57.0 Å². The molecule has 27 heavy (non-hydrogen) atoms. The molecule has 1 aromatic heterocycles. The molecular formula is C19H29FN6O. The molecule has 7 nitrogen and oxygen atoms in total. The van der Waals surface area contributed by atoms with E-state index in [4.69, 9.17) is 4.74 Å². The van der Waals surface area contributed by atoms with E-state index in [1.165, 1.54) is 12.1 Å². The Kier molecular flexibility index (Phi) is 7.11. The van der Waals surface area contributed by atoms with Crippen molar-refractivity contribution in [3.8, 4) is 0 Å². The van der Waals surface area contributed by atoms with Gasteiger partial charge in [-0.3, -0.25) is 4.90 Å². The van der Waals surface area contributed by atoms with Gasteiger partial charge in [0, 0.05) is 39.0 Å². The van der Waals surface area contributed by atoms with Gasteiger partial charge < -0.3 is 9.64 Å². The number of halogens is 1. The minimum atomic E-state index is -0.195. The van der Waals surface area contributed by atoms with Crippen LogP contribution in [0.25, 0.3) is 0 Å². The van der Waals surface area contributed by atoms with Gasteiger partial charge >= 0.3 is 0 Å². The molecule has 1 aromatic carbocycles. The SMILES string of the molecule is CCCC[C@@H](c1nnnn1CCOC)N1CCN(c2ccc(F)cc2)CC1. The van der Waals surface area contributed by atoms with Crippen LogP contribution in [0.4, 0.5) is 10.1 Å². The molecule has 0 spiro atoms. The number of piperazine rings is 1. The number of hydrogen-bond acceptors (Lipinski definition) is 6. The Bertz CT molecular complexity index is 684. The van der Waals surface area contributed by atoms with Crippen LogP contribution in [0.5, 0.6) is 0 Å². The summed E-state index contributed by atoms with van der Waals surface area (Å²) in [5.74, 6) is 0.732. The van der Waals surface area contributed by atoms with Crippen molar-refractivity contribution in [2.24, 2.45) is 0 Å². The van der Waals surface area contributed by atoms with Crippen molar-refractivity contribution in [1.82, 2.24) is 25.1 Å². The third kappa shape index (κ3) is 5.01. The Morgan fingerprint density at radius 3 is 2.56 bits per heavy atom. The molecule has 1 saturated heterocycles. The quantitative estimate of drug-likeness (QED) is 0.670. The summed E-state index contributed by atoms with van der Waals surface area (Å²) in [5.41, 5.74) is 1.08. The predicted molar refractivity (Wildman–Crippen MR) is 102 cm³/mol. The second-order valence-electron chi connectivity index (χ2n) is 6.91. The average Bonchev–Trinajstić information content (AvgIpc) is 3.16. The van der Waals surface area contributed by atoms with Crippen LogP contribution in [0, 0.1) is 5.82 Å². The molecule has 148 valence electrons. The van der Waals surface area contributed by atoms with Crippen molar-refractivity contribution in [2.45, 2.75) is 38.8 Å². The first-order chi connectivity index (χ1) is 13.2. The van der Waals surface area contributed by atoms with Crippen LogP contribution in [-0.4, -0.2) is 65.0 Å². The number of unbranched alkanes of at least 4 members (excludes halogenated alkanes) is 1. The standard InChI is InChI=1S/C19H29FN6O/c1-3-4-5-18(19-21-22-23-26(19)14-15-27-2)25-12-10-24(11-13-25)17-8-6-16(20)7-9-17/h6-9,18H,3-5,10-15H2,1-2H3/t18-/m0/s1. The van der Waals surface area contributed by atoms with E-state index in [1.54, 1.807) is 7.11 Å². The maximum Gasteiger partial charge on any atom is 0.168 e. The zero-order valence-electron chi connectivity index (χ0n) is 16.2. The highest BCUT2D eigenvalue weighted by Gasteiger charge is 2.28. The molecule has 2 aromatic rings. The Morgan fingerprint density at radius 2 is 1.89 bits per heavy atom. The van der Waals surface area contributed by atoms with Gasteiger partial charge in [0.2, 0.25) is 0 Å². The van der Waals surface area contributed by atoms with Crippen molar-refractivity contribution >= 4 is 5.69 Å². The van der Waals surface area contributed by atoms with Crippen LogP contribution < -0.4 is 4.90 Å². The van der Waals surface area contributed by atoms with Gasteiger partial charge in [0.15, 0.2) is 5.82 Å². The van der Waals surface area contributed by atoms with E-state index < -0.39 is 0 Å². The Hall–Kier alpha value is -2.06. The monoisotopic (exact) mass is 376 g/mol. The first-order valence-corrected chi connectivity index (χ1v) is 9.72. The molecule has 0 aliphatic carbocycles. The van der Waals surface area contributed by atoms with Gasteiger partial charge in [-0.2, -0.15) is 0 Å². The minimum absolute atomic E-state index is 0.195. The summed E-state index contributed by atoms with van der Waals surface area (Å²) < 4.78 is 20.2. The fraction of sp³-hybridized carbons (Fsp3) is 0.632. The third-order valence-corrected chi connectivity index (χ3v) is 5.14. The first-order valence-electron chi connectivity index (χ1n) is 9.72. The van der Waals surface area contributed by atoms with Crippen molar-refractivity contribution in [1.29, 1.82) is 0 Å². The Balaban J connectivity index is 1.68. The molecule has 1 fully saturated rings. The van der Waals surface area contributed by atoms with Gasteiger partial charge in [-0.15, -0.1) is 5.10 Å². The van der Waals surface area contributed by atoms with Crippen LogP contribution in [0.1, 0.15) is 38.1 Å². The summed E-state index contributed by atoms with van der Waals surface area (Å²) in [7, 11) is 1.69.